The van der Waals surface area contributed by atoms with Gasteiger partial charge in [0.1, 0.15) is 0 Å². The maximum Gasteiger partial charge on any atom is 0.0667 e. The highest BCUT2D eigenvalue weighted by atomic mass is 16.5. The van der Waals surface area contributed by atoms with E-state index in [1.54, 1.807) is 7.11 Å². The first kappa shape index (κ1) is 12.0. The van der Waals surface area contributed by atoms with Crippen molar-refractivity contribution in [3.8, 4) is 0 Å². The summed E-state index contributed by atoms with van der Waals surface area (Å²) in [5, 5.41) is 3.38. The van der Waals surface area contributed by atoms with Crippen molar-refractivity contribution in [2.75, 3.05) is 20.2 Å². The third-order valence-electron chi connectivity index (χ3n) is 3.23. The minimum atomic E-state index is 0.128. The minimum absolute atomic E-state index is 0.128. The first-order valence-electron chi connectivity index (χ1n) is 5.69. The van der Waals surface area contributed by atoms with Crippen LogP contribution in [0.1, 0.15) is 39.0 Å². The molecule has 14 heavy (non-hydrogen) atoms. The van der Waals surface area contributed by atoms with E-state index in [9.17, 15) is 0 Å². The zero-order valence-electron chi connectivity index (χ0n) is 9.51. The highest BCUT2D eigenvalue weighted by Gasteiger charge is 2.28. The summed E-state index contributed by atoms with van der Waals surface area (Å²) < 4.78 is 5.15. The molecule has 1 unspecified atom stereocenters. The van der Waals surface area contributed by atoms with Crippen LogP contribution in [0.15, 0.2) is 0 Å². The molecule has 1 saturated carbocycles. The van der Waals surface area contributed by atoms with Crippen molar-refractivity contribution in [1.82, 2.24) is 5.32 Å². The van der Waals surface area contributed by atoms with Gasteiger partial charge in [0.15, 0.2) is 0 Å². The molecule has 3 N–H and O–H groups in total. The molecule has 0 aromatic carbocycles. The summed E-state index contributed by atoms with van der Waals surface area (Å²) in [6, 6.07) is 0. The second-order valence-electron chi connectivity index (χ2n) is 4.57. The summed E-state index contributed by atoms with van der Waals surface area (Å²) in [4.78, 5) is 0. The van der Waals surface area contributed by atoms with Crippen LogP contribution in [-0.2, 0) is 4.74 Å². The lowest BCUT2D eigenvalue weighted by Gasteiger charge is -2.23. The number of nitrogens with two attached hydrogens (primary N) is 1. The lowest BCUT2D eigenvalue weighted by Crippen LogP contribution is -2.40. The zero-order valence-corrected chi connectivity index (χ0v) is 9.51. The van der Waals surface area contributed by atoms with E-state index < -0.39 is 0 Å². The number of hydrogen-bond donors (Lipinski definition) is 2. The van der Waals surface area contributed by atoms with E-state index in [1.807, 2.05) is 0 Å². The van der Waals surface area contributed by atoms with Gasteiger partial charge in [-0.05, 0) is 32.7 Å². The Hall–Kier alpha value is -0.120. The van der Waals surface area contributed by atoms with Crippen LogP contribution in [0.4, 0.5) is 0 Å². The van der Waals surface area contributed by atoms with Crippen LogP contribution >= 0.6 is 0 Å². The summed E-state index contributed by atoms with van der Waals surface area (Å²) in [7, 11) is 1.74. The molecular formula is C11H24N2O. The first-order chi connectivity index (χ1) is 6.66. The van der Waals surface area contributed by atoms with Crippen LogP contribution in [0.2, 0.25) is 0 Å². The zero-order chi connectivity index (χ0) is 10.4. The summed E-state index contributed by atoms with van der Waals surface area (Å²) in [5.74, 6) is 0. The molecule has 1 aliphatic carbocycles. The number of nitrogens with one attached hydrogen (secondary N) is 1. The number of hydrogen-bond acceptors (Lipinski definition) is 3. The molecule has 0 amide bonds. The van der Waals surface area contributed by atoms with Crippen molar-refractivity contribution in [2.45, 2.75) is 50.7 Å². The van der Waals surface area contributed by atoms with Crippen LogP contribution in [0.3, 0.4) is 0 Å². The molecule has 84 valence electrons. The molecule has 3 heteroatoms. The Labute approximate surface area is 87.4 Å². The average Bonchev–Trinajstić information content (AvgIpc) is 2.60. The van der Waals surface area contributed by atoms with Gasteiger partial charge in [0.05, 0.1) is 6.10 Å². The summed E-state index contributed by atoms with van der Waals surface area (Å²) in [6.45, 7) is 4.01. The van der Waals surface area contributed by atoms with Crippen molar-refractivity contribution in [3.63, 3.8) is 0 Å². The van der Waals surface area contributed by atoms with Gasteiger partial charge in [-0.1, -0.05) is 12.8 Å². The highest BCUT2D eigenvalue weighted by Crippen LogP contribution is 2.29. The largest absolute Gasteiger partial charge is 0.380 e. The van der Waals surface area contributed by atoms with Crippen molar-refractivity contribution < 1.29 is 4.74 Å². The van der Waals surface area contributed by atoms with Gasteiger partial charge in [0.25, 0.3) is 0 Å². The Morgan fingerprint density at radius 3 is 2.64 bits per heavy atom. The van der Waals surface area contributed by atoms with Gasteiger partial charge in [-0.2, -0.15) is 0 Å². The number of ether oxygens (including phenoxy) is 1. The topological polar surface area (TPSA) is 47.3 Å². The second kappa shape index (κ2) is 5.69. The predicted molar refractivity (Wildman–Crippen MR) is 59.3 cm³/mol. The smallest absolute Gasteiger partial charge is 0.0667 e. The van der Waals surface area contributed by atoms with Gasteiger partial charge < -0.3 is 15.8 Å². The van der Waals surface area contributed by atoms with Crippen LogP contribution in [0.25, 0.3) is 0 Å². The maximum atomic E-state index is 6.24. The monoisotopic (exact) mass is 200 g/mol. The first-order valence-corrected chi connectivity index (χ1v) is 5.69. The molecule has 1 rings (SSSR count). The van der Waals surface area contributed by atoms with Gasteiger partial charge >= 0.3 is 0 Å². The molecule has 0 radical (unpaired) electrons. The van der Waals surface area contributed by atoms with Gasteiger partial charge in [-0.15, -0.1) is 0 Å². The van der Waals surface area contributed by atoms with Gasteiger partial charge in [-0.3, -0.25) is 0 Å². The minimum Gasteiger partial charge on any atom is -0.380 e. The predicted octanol–water partition coefficient (Wildman–Crippen LogP) is 1.27. The normalized spacial score (nSPS) is 22.5. The summed E-state index contributed by atoms with van der Waals surface area (Å²) >= 11 is 0. The van der Waals surface area contributed by atoms with E-state index in [1.165, 1.54) is 25.7 Å². The van der Waals surface area contributed by atoms with Gasteiger partial charge in [-0.25, -0.2) is 0 Å². The Morgan fingerprint density at radius 1 is 1.43 bits per heavy atom. The lowest BCUT2D eigenvalue weighted by atomic mass is 9.95. The second-order valence-corrected chi connectivity index (χ2v) is 4.57. The molecule has 1 fully saturated rings. The molecule has 0 saturated heterocycles. The standard InChI is InChI=1S/C11H24N2O/c1-10(14-2)9-13-8-7-11(12)5-3-4-6-11/h10,13H,3-9,12H2,1-2H3. The Morgan fingerprint density at radius 2 is 2.07 bits per heavy atom. The Balaban J connectivity index is 2.03. The van der Waals surface area contributed by atoms with E-state index in [0.717, 1.165) is 19.5 Å². The number of rotatable bonds is 6. The molecule has 1 aliphatic rings. The van der Waals surface area contributed by atoms with Gasteiger partial charge in [0, 0.05) is 19.2 Å². The van der Waals surface area contributed by atoms with Gasteiger partial charge in [0.2, 0.25) is 0 Å². The van der Waals surface area contributed by atoms with E-state index in [-0.39, 0.29) is 5.54 Å². The Kier molecular flexibility index (Phi) is 4.85. The molecule has 0 aromatic heterocycles. The third kappa shape index (κ3) is 3.95. The third-order valence-corrected chi connectivity index (χ3v) is 3.23. The molecular weight excluding hydrogens is 176 g/mol. The SMILES string of the molecule is COC(C)CNCCC1(N)CCCC1. The van der Waals surface area contributed by atoms with Crippen molar-refractivity contribution in [1.29, 1.82) is 0 Å². The molecule has 0 aliphatic heterocycles. The molecule has 0 heterocycles. The Bertz CT molecular complexity index is 155. The molecule has 0 bridgehead atoms. The van der Waals surface area contributed by atoms with E-state index in [2.05, 4.69) is 12.2 Å². The van der Waals surface area contributed by atoms with E-state index in [4.69, 9.17) is 10.5 Å². The van der Waals surface area contributed by atoms with Crippen LogP contribution in [0, 0.1) is 0 Å². The molecule has 3 nitrogen and oxygen atoms in total. The average molecular weight is 200 g/mol. The maximum absolute atomic E-state index is 6.24. The fraction of sp³-hybridized carbons (Fsp3) is 1.00. The number of methoxy groups -OCH3 is 1. The summed E-state index contributed by atoms with van der Waals surface area (Å²) in [5.41, 5.74) is 6.37. The highest BCUT2D eigenvalue weighted by molar-refractivity contribution is 4.89. The lowest BCUT2D eigenvalue weighted by molar-refractivity contribution is 0.117. The fourth-order valence-electron chi connectivity index (χ4n) is 2.06. The van der Waals surface area contributed by atoms with Crippen molar-refractivity contribution in [2.24, 2.45) is 5.73 Å². The summed E-state index contributed by atoms with van der Waals surface area (Å²) in [6.07, 6.45) is 6.43. The van der Waals surface area contributed by atoms with E-state index >= 15 is 0 Å². The van der Waals surface area contributed by atoms with Crippen LogP contribution < -0.4 is 11.1 Å². The molecule has 0 aromatic rings. The van der Waals surface area contributed by atoms with Crippen LogP contribution in [0.5, 0.6) is 0 Å². The quantitative estimate of drug-likeness (QED) is 0.635. The molecule has 0 spiro atoms. The van der Waals surface area contributed by atoms with Crippen molar-refractivity contribution >= 4 is 0 Å². The van der Waals surface area contributed by atoms with Crippen molar-refractivity contribution in [3.05, 3.63) is 0 Å². The molecule has 1 atom stereocenters. The fourth-order valence-corrected chi connectivity index (χ4v) is 2.06. The van der Waals surface area contributed by atoms with Crippen LogP contribution in [-0.4, -0.2) is 31.8 Å². The van der Waals surface area contributed by atoms with E-state index in [0.29, 0.717) is 6.10 Å².